The Balaban J connectivity index is 0.947. The molecule has 0 aliphatic heterocycles. The van der Waals surface area contributed by atoms with Gasteiger partial charge in [0.1, 0.15) is 0 Å². The van der Waals surface area contributed by atoms with Crippen LogP contribution in [-0.4, -0.2) is 28.7 Å². The Bertz CT molecular complexity index is 4410. The number of para-hydroxylation sites is 4. The maximum absolute atomic E-state index is 5.16. The van der Waals surface area contributed by atoms with Crippen LogP contribution in [0.4, 0.5) is 0 Å². The van der Waals surface area contributed by atoms with Crippen molar-refractivity contribution in [2.75, 3.05) is 0 Å². The summed E-state index contributed by atoms with van der Waals surface area (Å²) in [5.74, 6) is 1.86. The highest BCUT2D eigenvalue weighted by atomic mass is 15.0. The molecule has 0 radical (unpaired) electrons. The normalized spacial score (nSPS) is 11.7. The van der Waals surface area contributed by atoms with E-state index in [9.17, 15) is 0 Å². The van der Waals surface area contributed by atoms with Crippen molar-refractivity contribution in [3.8, 4) is 73.5 Å². The van der Waals surface area contributed by atoms with Gasteiger partial charge in [-0.15, -0.1) is 0 Å². The molecule has 15 rings (SSSR count). The maximum Gasteiger partial charge on any atom is 0.164 e. The van der Waals surface area contributed by atoms with Crippen LogP contribution in [0.5, 0.6) is 0 Å². The molecule has 11 aromatic carbocycles. The molecule has 350 valence electrons. The average Bonchev–Trinajstić information content (AvgIpc) is 4.13. The fourth-order valence-corrected chi connectivity index (χ4v) is 11.4. The molecular weight excluding hydrogens is 913 g/mol. The number of hydrogen-bond donors (Lipinski definition) is 0. The molecule has 0 atom stereocenters. The summed E-state index contributed by atoms with van der Waals surface area (Å²) >= 11 is 0. The van der Waals surface area contributed by atoms with Crippen molar-refractivity contribution in [1.82, 2.24) is 28.7 Å². The number of aromatic nitrogens is 6. The second-order valence-corrected chi connectivity index (χ2v) is 19.2. The summed E-state index contributed by atoms with van der Waals surface area (Å²) in [6, 6.07) is 95.5. The van der Waals surface area contributed by atoms with E-state index in [1.54, 1.807) is 0 Å². The zero-order chi connectivity index (χ0) is 49.4. The molecule has 0 saturated carbocycles. The summed E-state index contributed by atoms with van der Waals surface area (Å²) in [6.07, 6.45) is 0. The Hall–Kier alpha value is -10.2. The third kappa shape index (κ3) is 7.07. The summed E-state index contributed by atoms with van der Waals surface area (Å²) in [5, 5.41) is 7.26. The topological polar surface area (TPSA) is 53.5 Å². The van der Waals surface area contributed by atoms with Crippen LogP contribution in [0.15, 0.2) is 267 Å². The van der Waals surface area contributed by atoms with E-state index >= 15 is 0 Å². The SMILES string of the molecule is c1ccc(-c2nc(-c3ccccc3)nc(-c3cccc(-n4c5cc(-c6ccc7c8ccccc8n(-c8ccccc8)c7c6)ccc5c5ccc(-c6ccc7c8ccccc8n(-c8ccccc8)c7c6)cc54)c3)n2)cc1. The predicted molar refractivity (Wildman–Crippen MR) is 310 cm³/mol. The highest BCUT2D eigenvalue weighted by Gasteiger charge is 2.20. The molecule has 0 amide bonds. The fourth-order valence-electron chi connectivity index (χ4n) is 11.4. The van der Waals surface area contributed by atoms with E-state index in [0.29, 0.717) is 17.5 Å². The van der Waals surface area contributed by atoms with E-state index in [1.807, 2.05) is 36.4 Å². The number of benzene rings is 11. The fraction of sp³-hybridized carbons (Fsp3) is 0. The van der Waals surface area contributed by atoms with Gasteiger partial charge in [0.15, 0.2) is 17.5 Å². The van der Waals surface area contributed by atoms with E-state index in [0.717, 1.165) is 67.0 Å². The molecule has 15 aromatic rings. The van der Waals surface area contributed by atoms with Gasteiger partial charge in [-0.1, -0.05) is 194 Å². The summed E-state index contributed by atoms with van der Waals surface area (Å²) in [4.78, 5) is 15.3. The van der Waals surface area contributed by atoms with Crippen molar-refractivity contribution in [3.63, 3.8) is 0 Å². The molecule has 0 N–H and O–H groups in total. The highest BCUT2D eigenvalue weighted by molar-refractivity contribution is 6.14. The van der Waals surface area contributed by atoms with Crippen molar-refractivity contribution in [1.29, 1.82) is 0 Å². The zero-order valence-electron chi connectivity index (χ0n) is 40.6. The third-order valence-corrected chi connectivity index (χ3v) is 14.9. The number of rotatable bonds is 8. The Morgan fingerprint density at radius 3 is 0.880 bits per heavy atom. The average molecular weight is 957 g/mol. The lowest BCUT2D eigenvalue weighted by Crippen LogP contribution is -2.01. The molecule has 0 aliphatic carbocycles. The maximum atomic E-state index is 5.16. The monoisotopic (exact) mass is 956 g/mol. The number of hydrogen-bond acceptors (Lipinski definition) is 3. The van der Waals surface area contributed by atoms with Crippen LogP contribution < -0.4 is 0 Å². The van der Waals surface area contributed by atoms with Crippen molar-refractivity contribution in [3.05, 3.63) is 267 Å². The first-order valence-corrected chi connectivity index (χ1v) is 25.4. The van der Waals surface area contributed by atoms with Crippen LogP contribution >= 0.6 is 0 Å². The molecule has 4 heterocycles. The van der Waals surface area contributed by atoms with Crippen LogP contribution in [0.1, 0.15) is 0 Å². The minimum absolute atomic E-state index is 0.607. The molecule has 75 heavy (non-hydrogen) atoms. The molecule has 0 spiro atoms. The standard InChI is InChI=1S/C69H44N6/c1-5-18-45(19-6-1)67-70-68(46-20-7-2-8-21-46)72-69(71-67)51-22-17-27-54(40-51)75-65-43-49(47-32-36-57-55-28-13-15-30-61(55)73(63(57)41-47)52-23-9-3-10-24-52)34-38-59(65)60-39-35-50(44-66(60)75)48-33-37-58-56-29-14-16-31-62(56)74(64(58)42-48)53-25-11-4-12-26-53/h1-44H. The van der Waals surface area contributed by atoms with Gasteiger partial charge in [0.2, 0.25) is 0 Å². The largest absolute Gasteiger partial charge is 0.309 e. The quantitative estimate of drug-likeness (QED) is 0.152. The molecule has 0 saturated heterocycles. The minimum atomic E-state index is 0.607. The molecule has 0 unspecified atom stereocenters. The molecular formula is C69H44N6. The lowest BCUT2D eigenvalue weighted by Gasteiger charge is -2.13. The number of nitrogens with zero attached hydrogens (tertiary/aromatic N) is 6. The van der Waals surface area contributed by atoms with Gasteiger partial charge in [0.05, 0.1) is 33.1 Å². The van der Waals surface area contributed by atoms with Crippen LogP contribution in [-0.2, 0) is 0 Å². The molecule has 6 heteroatoms. The van der Waals surface area contributed by atoms with E-state index in [2.05, 4.69) is 244 Å². The van der Waals surface area contributed by atoms with E-state index in [1.165, 1.54) is 54.4 Å². The highest BCUT2D eigenvalue weighted by Crippen LogP contribution is 2.41. The van der Waals surface area contributed by atoms with Crippen LogP contribution in [0.3, 0.4) is 0 Å². The van der Waals surface area contributed by atoms with Crippen molar-refractivity contribution in [2.24, 2.45) is 0 Å². The van der Waals surface area contributed by atoms with Gasteiger partial charge in [0.25, 0.3) is 0 Å². The Morgan fingerprint density at radius 1 is 0.187 bits per heavy atom. The van der Waals surface area contributed by atoms with Crippen molar-refractivity contribution in [2.45, 2.75) is 0 Å². The van der Waals surface area contributed by atoms with E-state index < -0.39 is 0 Å². The number of fused-ring (bicyclic) bond motifs is 9. The van der Waals surface area contributed by atoms with Gasteiger partial charge in [-0.25, -0.2) is 15.0 Å². The Morgan fingerprint density at radius 2 is 0.480 bits per heavy atom. The van der Waals surface area contributed by atoms with Gasteiger partial charge in [-0.3, -0.25) is 0 Å². The smallest absolute Gasteiger partial charge is 0.164 e. The van der Waals surface area contributed by atoms with Crippen molar-refractivity contribution >= 4 is 65.4 Å². The molecule has 0 aliphatic rings. The first-order chi connectivity index (χ1) is 37.2. The van der Waals surface area contributed by atoms with Crippen LogP contribution in [0.2, 0.25) is 0 Å². The molecule has 6 nitrogen and oxygen atoms in total. The second kappa shape index (κ2) is 17.3. The molecule has 0 bridgehead atoms. The van der Waals surface area contributed by atoms with Crippen LogP contribution in [0, 0.1) is 0 Å². The van der Waals surface area contributed by atoms with Gasteiger partial charge in [0, 0.05) is 66.1 Å². The molecule has 4 aromatic heterocycles. The molecule has 0 fully saturated rings. The summed E-state index contributed by atoms with van der Waals surface area (Å²) in [6.45, 7) is 0. The van der Waals surface area contributed by atoms with Gasteiger partial charge in [-0.2, -0.15) is 0 Å². The van der Waals surface area contributed by atoms with Gasteiger partial charge < -0.3 is 13.7 Å². The predicted octanol–water partition coefficient (Wildman–Crippen LogP) is 17.5. The van der Waals surface area contributed by atoms with Gasteiger partial charge in [-0.05, 0) is 95.1 Å². The zero-order valence-corrected chi connectivity index (χ0v) is 40.6. The third-order valence-electron chi connectivity index (χ3n) is 14.9. The Kier molecular flexibility index (Phi) is 9.78. The minimum Gasteiger partial charge on any atom is -0.309 e. The summed E-state index contributed by atoms with van der Waals surface area (Å²) in [5.41, 5.74) is 17.5. The summed E-state index contributed by atoms with van der Waals surface area (Å²) < 4.78 is 7.21. The lowest BCUT2D eigenvalue weighted by atomic mass is 10.00. The van der Waals surface area contributed by atoms with E-state index in [4.69, 9.17) is 15.0 Å². The summed E-state index contributed by atoms with van der Waals surface area (Å²) in [7, 11) is 0. The second-order valence-electron chi connectivity index (χ2n) is 19.2. The van der Waals surface area contributed by atoms with Crippen molar-refractivity contribution < 1.29 is 0 Å². The first kappa shape index (κ1) is 42.5. The van der Waals surface area contributed by atoms with Crippen LogP contribution in [0.25, 0.3) is 139 Å². The lowest BCUT2D eigenvalue weighted by molar-refractivity contribution is 1.07. The Labute approximate surface area is 432 Å². The first-order valence-electron chi connectivity index (χ1n) is 25.4. The van der Waals surface area contributed by atoms with Gasteiger partial charge >= 0.3 is 0 Å². The van der Waals surface area contributed by atoms with E-state index in [-0.39, 0.29) is 0 Å².